The molecule has 5 nitrogen and oxygen atoms in total. The van der Waals surface area contributed by atoms with Crippen LogP contribution in [0.5, 0.6) is 0 Å². The third-order valence-corrected chi connectivity index (χ3v) is 4.16. The van der Waals surface area contributed by atoms with Crippen molar-refractivity contribution in [3.63, 3.8) is 0 Å². The summed E-state index contributed by atoms with van der Waals surface area (Å²) in [5, 5.41) is 6.76. The van der Waals surface area contributed by atoms with Crippen LogP contribution in [0.2, 0.25) is 0 Å². The standard InChI is InChI=1S/C18H38N4O/c1-4-7-13-23-14-8-10-20-18(19-6-3)21-15-17-9-12-22(16-17)11-5-2/h17H,4-16H2,1-3H3,(H2,19,20,21). The molecule has 0 aromatic rings. The van der Waals surface area contributed by atoms with E-state index in [-0.39, 0.29) is 0 Å². The van der Waals surface area contributed by atoms with Gasteiger partial charge in [0.1, 0.15) is 0 Å². The average molecular weight is 327 g/mol. The number of rotatable bonds is 12. The molecule has 0 aromatic heterocycles. The van der Waals surface area contributed by atoms with Gasteiger partial charge in [0.25, 0.3) is 0 Å². The van der Waals surface area contributed by atoms with Crippen LogP contribution >= 0.6 is 0 Å². The molecule has 0 saturated carbocycles. The average Bonchev–Trinajstić information content (AvgIpc) is 2.99. The fourth-order valence-electron chi connectivity index (χ4n) is 2.87. The van der Waals surface area contributed by atoms with E-state index in [4.69, 9.17) is 9.73 Å². The highest BCUT2D eigenvalue weighted by Gasteiger charge is 2.21. The summed E-state index contributed by atoms with van der Waals surface area (Å²) >= 11 is 0. The topological polar surface area (TPSA) is 48.9 Å². The first-order valence-corrected chi connectivity index (χ1v) is 9.62. The van der Waals surface area contributed by atoms with Gasteiger partial charge in [-0.2, -0.15) is 0 Å². The van der Waals surface area contributed by atoms with Crippen LogP contribution in [-0.4, -0.2) is 63.3 Å². The van der Waals surface area contributed by atoms with Gasteiger partial charge < -0.3 is 20.3 Å². The Hall–Kier alpha value is -0.810. The van der Waals surface area contributed by atoms with Crippen molar-refractivity contribution >= 4 is 5.96 Å². The molecule has 0 spiro atoms. The number of likely N-dealkylation sites (tertiary alicyclic amines) is 1. The van der Waals surface area contributed by atoms with Gasteiger partial charge in [-0.25, -0.2) is 0 Å². The molecule has 136 valence electrons. The molecular weight excluding hydrogens is 288 g/mol. The molecule has 1 unspecified atom stereocenters. The molecular formula is C18H38N4O. The number of unbranched alkanes of at least 4 members (excludes halogenated alkanes) is 1. The zero-order valence-corrected chi connectivity index (χ0v) is 15.6. The molecule has 0 aromatic carbocycles. The molecule has 0 bridgehead atoms. The molecule has 1 rings (SSSR count). The summed E-state index contributed by atoms with van der Waals surface area (Å²) in [6.45, 7) is 14.7. The van der Waals surface area contributed by atoms with E-state index in [1.165, 1.54) is 38.9 Å². The highest BCUT2D eigenvalue weighted by atomic mass is 16.5. The van der Waals surface area contributed by atoms with E-state index in [0.29, 0.717) is 0 Å². The van der Waals surface area contributed by atoms with Crippen molar-refractivity contribution in [3.05, 3.63) is 0 Å². The number of nitrogens with zero attached hydrogens (tertiary/aromatic N) is 2. The Morgan fingerprint density at radius 3 is 2.70 bits per heavy atom. The lowest BCUT2D eigenvalue weighted by Gasteiger charge is -2.15. The third kappa shape index (κ3) is 9.82. The minimum atomic E-state index is 0.717. The van der Waals surface area contributed by atoms with E-state index in [1.807, 2.05) is 0 Å². The second-order valence-corrected chi connectivity index (χ2v) is 6.42. The van der Waals surface area contributed by atoms with Gasteiger partial charge in [-0.3, -0.25) is 4.99 Å². The maximum absolute atomic E-state index is 5.59. The summed E-state index contributed by atoms with van der Waals surface area (Å²) in [5.74, 6) is 1.67. The van der Waals surface area contributed by atoms with Crippen LogP contribution in [0.3, 0.4) is 0 Å². The Morgan fingerprint density at radius 1 is 1.13 bits per heavy atom. The number of nitrogens with one attached hydrogen (secondary N) is 2. The number of hydrogen-bond donors (Lipinski definition) is 2. The van der Waals surface area contributed by atoms with Crippen LogP contribution in [0.15, 0.2) is 4.99 Å². The van der Waals surface area contributed by atoms with Crippen molar-refractivity contribution in [2.45, 2.75) is 52.9 Å². The highest BCUT2D eigenvalue weighted by molar-refractivity contribution is 5.79. The first-order valence-electron chi connectivity index (χ1n) is 9.62. The van der Waals surface area contributed by atoms with E-state index in [9.17, 15) is 0 Å². The Balaban J connectivity index is 2.17. The molecule has 23 heavy (non-hydrogen) atoms. The predicted molar refractivity (Wildman–Crippen MR) is 99.2 cm³/mol. The molecule has 0 radical (unpaired) electrons. The molecule has 1 aliphatic rings. The first kappa shape index (κ1) is 20.2. The Kier molecular flexibility index (Phi) is 12.0. The van der Waals surface area contributed by atoms with Crippen LogP contribution in [0.4, 0.5) is 0 Å². The molecule has 1 saturated heterocycles. The van der Waals surface area contributed by atoms with Crippen LogP contribution in [-0.2, 0) is 4.74 Å². The molecule has 0 aliphatic carbocycles. The number of aliphatic imine (C=N–C) groups is 1. The van der Waals surface area contributed by atoms with Gasteiger partial charge >= 0.3 is 0 Å². The smallest absolute Gasteiger partial charge is 0.191 e. The van der Waals surface area contributed by atoms with Crippen molar-refractivity contribution in [1.29, 1.82) is 0 Å². The SMILES string of the molecule is CCCCOCCCNC(=NCC1CCN(CCC)C1)NCC. The summed E-state index contributed by atoms with van der Waals surface area (Å²) in [5.41, 5.74) is 0. The van der Waals surface area contributed by atoms with Crippen molar-refractivity contribution in [3.8, 4) is 0 Å². The van der Waals surface area contributed by atoms with Crippen molar-refractivity contribution < 1.29 is 4.74 Å². The third-order valence-electron chi connectivity index (χ3n) is 4.16. The van der Waals surface area contributed by atoms with E-state index < -0.39 is 0 Å². The number of ether oxygens (including phenoxy) is 1. The minimum Gasteiger partial charge on any atom is -0.381 e. The monoisotopic (exact) mass is 326 g/mol. The molecule has 1 atom stereocenters. The van der Waals surface area contributed by atoms with E-state index in [1.54, 1.807) is 0 Å². The van der Waals surface area contributed by atoms with Crippen molar-refractivity contribution in [2.75, 3.05) is 52.5 Å². The number of hydrogen-bond acceptors (Lipinski definition) is 3. The van der Waals surface area contributed by atoms with Gasteiger partial charge in [-0.1, -0.05) is 20.3 Å². The fraction of sp³-hybridized carbons (Fsp3) is 0.944. The normalized spacial score (nSPS) is 19.3. The zero-order chi connectivity index (χ0) is 16.8. The molecule has 0 amide bonds. The predicted octanol–water partition coefficient (Wildman–Crippen LogP) is 2.48. The van der Waals surface area contributed by atoms with Crippen LogP contribution in [0, 0.1) is 5.92 Å². The second kappa shape index (κ2) is 13.6. The van der Waals surface area contributed by atoms with E-state index in [0.717, 1.165) is 57.6 Å². The summed E-state index contributed by atoms with van der Waals surface area (Å²) in [6.07, 6.45) is 5.93. The molecule has 5 heteroatoms. The molecule has 1 fully saturated rings. The van der Waals surface area contributed by atoms with Gasteiger partial charge in [-0.05, 0) is 51.6 Å². The largest absolute Gasteiger partial charge is 0.381 e. The van der Waals surface area contributed by atoms with E-state index >= 15 is 0 Å². The summed E-state index contributed by atoms with van der Waals surface area (Å²) in [7, 11) is 0. The van der Waals surface area contributed by atoms with Gasteiger partial charge in [0.2, 0.25) is 0 Å². The van der Waals surface area contributed by atoms with Gasteiger partial charge in [0.05, 0.1) is 0 Å². The van der Waals surface area contributed by atoms with E-state index in [2.05, 4.69) is 36.3 Å². The minimum absolute atomic E-state index is 0.717. The molecule has 1 heterocycles. The molecule has 1 aliphatic heterocycles. The maximum Gasteiger partial charge on any atom is 0.191 e. The lowest BCUT2D eigenvalue weighted by Crippen LogP contribution is -2.38. The highest BCUT2D eigenvalue weighted by Crippen LogP contribution is 2.16. The van der Waals surface area contributed by atoms with Crippen LogP contribution < -0.4 is 10.6 Å². The van der Waals surface area contributed by atoms with Gasteiger partial charge in [0.15, 0.2) is 5.96 Å². The van der Waals surface area contributed by atoms with Gasteiger partial charge in [0, 0.05) is 39.4 Å². The Morgan fingerprint density at radius 2 is 1.96 bits per heavy atom. The number of guanidine groups is 1. The lowest BCUT2D eigenvalue weighted by molar-refractivity contribution is 0.129. The Bertz CT molecular complexity index is 309. The first-order chi connectivity index (χ1) is 11.3. The zero-order valence-electron chi connectivity index (χ0n) is 15.6. The van der Waals surface area contributed by atoms with Crippen molar-refractivity contribution in [1.82, 2.24) is 15.5 Å². The fourth-order valence-corrected chi connectivity index (χ4v) is 2.87. The maximum atomic E-state index is 5.59. The molecule has 2 N–H and O–H groups in total. The van der Waals surface area contributed by atoms with Crippen LogP contribution in [0.25, 0.3) is 0 Å². The summed E-state index contributed by atoms with van der Waals surface area (Å²) < 4.78 is 5.59. The summed E-state index contributed by atoms with van der Waals surface area (Å²) in [6, 6.07) is 0. The Labute approximate surface area is 143 Å². The van der Waals surface area contributed by atoms with Gasteiger partial charge in [-0.15, -0.1) is 0 Å². The lowest BCUT2D eigenvalue weighted by atomic mass is 10.1. The quantitative estimate of drug-likeness (QED) is 0.329. The summed E-state index contributed by atoms with van der Waals surface area (Å²) in [4.78, 5) is 7.33. The van der Waals surface area contributed by atoms with Crippen LogP contribution in [0.1, 0.15) is 52.9 Å². The van der Waals surface area contributed by atoms with Crippen molar-refractivity contribution in [2.24, 2.45) is 10.9 Å². The second-order valence-electron chi connectivity index (χ2n) is 6.42.